The summed E-state index contributed by atoms with van der Waals surface area (Å²) >= 11 is 1.39. The van der Waals surface area contributed by atoms with Gasteiger partial charge in [-0.3, -0.25) is 0 Å². The van der Waals surface area contributed by atoms with Crippen molar-refractivity contribution < 1.29 is 8.78 Å². The van der Waals surface area contributed by atoms with Gasteiger partial charge in [0.25, 0.3) is 0 Å². The van der Waals surface area contributed by atoms with Crippen LogP contribution in [0.4, 0.5) is 8.78 Å². The molecular formula is C10H11F2NS. The lowest BCUT2D eigenvalue weighted by Crippen LogP contribution is -1.99. The molecule has 0 aliphatic rings. The summed E-state index contributed by atoms with van der Waals surface area (Å²) in [6.07, 6.45) is 1.83. The fourth-order valence-electron chi connectivity index (χ4n) is 1.01. The predicted octanol–water partition coefficient (Wildman–Crippen LogP) is 2.89. The Hall–Kier alpha value is -1.03. The third-order valence-electron chi connectivity index (χ3n) is 1.86. The normalized spacial score (nSPS) is 11.9. The maximum atomic E-state index is 13.1. The van der Waals surface area contributed by atoms with Gasteiger partial charge in [0.2, 0.25) is 0 Å². The standard InChI is InChI=1S/C10H11F2NS/c1-6-8(11)3-7(4-9(6)12)10(13)5-14-2/h3-5H,13H2,1-2H3/b10-5-. The molecule has 0 aliphatic heterocycles. The van der Waals surface area contributed by atoms with Gasteiger partial charge in [-0.1, -0.05) is 0 Å². The smallest absolute Gasteiger partial charge is 0.129 e. The molecular weight excluding hydrogens is 204 g/mol. The molecule has 1 aromatic carbocycles. The van der Waals surface area contributed by atoms with Crippen molar-refractivity contribution >= 4 is 17.5 Å². The zero-order valence-electron chi connectivity index (χ0n) is 7.97. The van der Waals surface area contributed by atoms with Crippen molar-refractivity contribution in [1.82, 2.24) is 0 Å². The van der Waals surface area contributed by atoms with E-state index in [0.29, 0.717) is 11.3 Å². The molecule has 0 radical (unpaired) electrons. The molecule has 76 valence electrons. The van der Waals surface area contributed by atoms with Crippen LogP contribution in [0.3, 0.4) is 0 Å². The second-order valence-corrected chi connectivity index (χ2v) is 3.58. The van der Waals surface area contributed by atoms with E-state index in [9.17, 15) is 8.78 Å². The largest absolute Gasteiger partial charge is 0.398 e. The molecule has 0 amide bonds. The number of halogens is 2. The van der Waals surface area contributed by atoms with Crippen LogP contribution in [-0.2, 0) is 0 Å². The topological polar surface area (TPSA) is 26.0 Å². The number of hydrogen-bond donors (Lipinski definition) is 1. The van der Waals surface area contributed by atoms with Gasteiger partial charge >= 0.3 is 0 Å². The average molecular weight is 215 g/mol. The quantitative estimate of drug-likeness (QED) is 0.820. The zero-order chi connectivity index (χ0) is 10.7. The Balaban J connectivity index is 3.19. The van der Waals surface area contributed by atoms with Gasteiger partial charge in [-0.15, -0.1) is 11.8 Å². The molecule has 1 rings (SSSR count). The van der Waals surface area contributed by atoms with Gasteiger partial charge in [-0.2, -0.15) is 0 Å². The van der Waals surface area contributed by atoms with E-state index in [-0.39, 0.29) is 5.56 Å². The minimum atomic E-state index is -0.572. The van der Waals surface area contributed by atoms with E-state index in [0.717, 1.165) is 0 Å². The first kappa shape index (κ1) is 11.0. The number of nitrogens with two attached hydrogens (primary N) is 1. The van der Waals surface area contributed by atoms with E-state index in [2.05, 4.69) is 0 Å². The molecule has 0 fully saturated rings. The van der Waals surface area contributed by atoms with Crippen LogP contribution in [0.5, 0.6) is 0 Å². The van der Waals surface area contributed by atoms with Gasteiger partial charge in [0, 0.05) is 16.8 Å². The fourth-order valence-corrected chi connectivity index (χ4v) is 1.40. The van der Waals surface area contributed by atoms with Crippen LogP contribution < -0.4 is 5.73 Å². The number of rotatable bonds is 2. The van der Waals surface area contributed by atoms with E-state index in [1.807, 2.05) is 6.26 Å². The lowest BCUT2D eigenvalue weighted by molar-refractivity contribution is 0.567. The van der Waals surface area contributed by atoms with Crippen molar-refractivity contribution in [3.05, 3.63) is 40.3 Å². The SMILES string of the molecule is CS/C=C(\N)c1cc(F)c(C)c(F)c1. The van der Waals surface area contributed by atoms with Crippen LogP contribution in [0.15, 0.2) is 17.5 Å². The Morgan fingerprint density at radius 2 is 1.86 bits per heavy atom. The minimum absolute atomic E-state index is 0.0192. The van der Waals surface area contributed by atoms with Crippen LogP contribution in [-0.4, -0.2) is 6.26 Å². The van der Waals surface area contributed by atoms with Crippen LogP contribution in [0.1, 0.15) is 11.1 Å². The van der Waals surface area contributed by atoms with Gasteiger partial charge in [0.1, 0.15) is 11.6 Å². The van der Waals surface area contributed by atoms with Crippen molar-refractivity contribution in [1.29, 1.82) is 0 Å². The Bertz CT molecular complexity index is 351. The summed E-state index contributed by atoms with van der Waals surface area (Å²) < 4.78 is 26.2. The van der Waals surface area contributed by atoms with Gasteiger partial charge in [-0.25, -0.2) is 8.78 Å². The van der Waals surface area contributed by atoms with Crippen molar-refractivity contribution in [2.45, 2.75) is 6.92 Å². The molecule has 0 unspecified atom stereocenters. The van der Waals surface area contributed by atoms with Gasteiger partial charge in [0.15, 0.2) is 0 Å². The van der Waals surface area contributed by atoms with Gasteiger partial charge in [0.05, 0.1) is 0 Å². The van der Waals surface area contributed by atoms with Gasteiger partial charge < -0.3 is 5.73 Å². The van der Waals surface area contributed by atoms with Crippen LogP contribution in [0.2, 0.25) is 0 Å². The summed E-state index contributed by atoms with van der Waals surface area (Å²) in [7, 11) is 0. The van der Waals surface area contributed by atoms with Crippen LogP contribution in [0, 0.1) is 18.6 Å². The van der Waals surface area contributed by atoms with Crippen LogP contribution in [0.25, 0.3) is 5.70 Å². The number of hydrogen-bond acceptors (Lipinski definition) is 2. The Labute approximate surface area is 86.0 Å². The van der Waals surface area contributed by atoms with E-state index < -0.39 is 11.6 Å². The molecule has 0 spiro atoms. The third-order valence-corrected chi connectivity index (χ3v) is 2.35. The summed E-state index contributed by atoms with van der Waals surface area (Å²) in [6, 6.07) is 2.47. The van der Waals surface area contributed by atoms with E-state index in [1.54, 1.807) is 5.41 Å². The van der Waals surface area contributed by atoms with E-state index >= 15 is 0 Å². The first-order valence-corrected chi connectivity index (χ1v) is 5.29. The average Bonchev–Trinajstić information content (AvgIpc) is 2.13. The summed E-state index contributed by atoms with van der Waals surface area (Å²) in [5, 5.41) is 1.64. The molecule has 4 heteroatoms. The molecule has 0 saturated heterocycles. The summed E-state index contributed by atoms with van der Waals surface area (Å²) in [6.45, 7) is 1.39. The predicted molar refractivity (Wildman–Crippen MR) is 56.8 cm³/mol. The lowest BCUT2D eigenvalue weighted by atomic mass is 10.1. The molecule has 0 atom stereocenters. The molecule has 0 saturated carbocycles. The van der Waals surface area contributed by atoms with Crippen molar-refractivity contribution in [3.63, 3.8) is 0 Å². The highest BCUT2D eigenvalue weighted by molar-refractivity contribution is 8.01. The molecule has 2 N–H and O–H groups in total. The summed E-state index contributed by atoms with van der Waals surface area (Å²) in [5.41, 5.74) is 6.37. The molecule has 0 aromatic heterocycles. The number of thioether (sulfide) groups is 1. The Morgan fingerprint density at radius 1 is 1.36 bits per heavy atom. The van der Waals surface area contributed by atoms with Crippen molar-refractivity contribution in [3.8, 4) is 0 Å². The first-order valence-electron chi connectivity index (χ1n) is 4.00. The zero-order valence-corrected chi connectivity index (χ0v) is 8.79. The summed E-state index contributed by atoms with van der Waals surface area (Å²) in [5.74, 6) is -1.14. The van der Waals surface area contributed by atoms with E-state index in [1.165, 1.54) is 30.8 Å². The van der Waals surface area contributed by atoms with E-state index in [4.69, 9.17) is 5.73 Å². The van der Waals surface area contributed by atoms with Crippen LogP contribution >= 0.6 is 11.8 Å². The monoisotopic (exact) mass is 215 g/mol. The van der Waals surface area contributed by atoms with Crippen molar-refractivity contribution in [2.24, 2.45) is 5.73 Å². The Morgan fingerprint density at radius 3 is 2.29 bits per heavy atom. The molecule has 1 aromatic rings. The molecule has 14 heavy (non-hydrogen) atoms. The molecule has 1 nitrogen and oxygen atoms in total. The fraction of sp³-hybridized carbons (Fsp3) is 0.200. The molecule has 0 heterocycles. The molecule has 0 aliphatic carbocycles. The summed E-state index contributed by atoms with van der Waals surface area (Å²) in [4.78, 5) is 0. The third kappa shape index (κ3) is 2.26. The maximum Gasteiger partial charge on any atom is 0.129 e. The minimum Gasteiger partial charge on any atom is -0.398 e. The second kappa shape index (κ2) is 4.46. The highest BCUT2D eigenvalue weighted by Crippen LogP contribution is 2.19. The molecule has 0 bridgehead atoms. The van der Waals surface area contributed by atoms with Crippen molar-refractivity contribution in [2.75, 3.05) is 6.26 Å². The maximum absolute atomic E-state index is 13.1. The second-order valence-electron chi connectivity index (χ2n) is 2.87. The lowest BCUT2D eigenvalue weighted by Gasteiger charge is -2.04. The highest BCUT2D eigenvalue weighted by Gasteiger charge is 2.07. The van der Waals surface area contributed by atoms with Gasteiger partial charge in [-0.05, 0) is 30.7 Å². The highest BCUT2D eigenvalue weighted by atomic mass is 32.2. The number of benzene rings is 1. The first-order chi connectivity index (χ1) is 6.56. The Kier molecular flexibility index (Phi) is 3.52.